The van der Waals surface area contributed by atoms with Crippen LogP contribution in [0.5, 0.6) is 0 Å². The van der Waals surface area contributed by atoms with Crippen LogP contribution in [0.1, 0.15) is 50.1 Å². The van der Waals surface area contributed by atoms with E-state index in [4.69, 9.17) is 0 Å². The molecule has 0 radical (unpaired) electrons. The number of nitrogens with one attached hydrogen (secondary N) is 1. The first-order valence-corrected chi connectivity index (χ1v) is 7.88. The zero-order valence-corrected chi connectivity index (χ0v) is 12.3. The standard InChI is InChI=1S/C18H24N2/c1-19-18(12-14-6-3-2-4-7-14)17-9-5-8-15-13-20-11-10-16(15)17/h5,8-11,13-14,18-19H,2-4,6-7,12H2,1H3. The maximum Gasteiger partial charge on any atom is 0.0346 e. The van der Waals surface area contributed by atoms with Gasteiger partial charge in [-0.25, -0.2) is 0 Å². The third-order valence-electron chi connectivity index (χ3n) is 4.73. The summed E-state index contributed by atoms with van der Waals surface area (Å²) in [6.07, 6.45) is 12.2. The van der Waals surface area contributed by atoms with E-state index in [2.05, 4.69) is 41.6 Å². The summed E-state index contributed by atoms with van der Waals surface area (Å²) in [6, 6.07) is 9.19. The number of benzene rings is 1. The number of hydrogen-bond donors (Lipinski definition) is 1. The fourth-order valence-corrected chi connectivity index (χ4v) is 3.61. The first kappa shape index (κ1) is 13.6. The first-order chi connectivity index (χ1) is 9.88. The zero-order valence-electron chi connectivity index (χ0n) is 12.3. The third kappa shape index (κ3) is 2.85. The first-order valence-electron chi connectivity index (χ1n) is 7.88. The van der Waals surface area contributed by atoms with Gasteiger partial charge in [0.25, 0.3) is 0 Å². The lowest BCUT2D eigenvalue weighted by Crippen LogP contribution is -2.21. The van der Waals surface area contributed by atoms with Gasteiger partial charge in [-0.15, -0.1) is 0 Å². The average Bonchev–Trinajstić information content (AvgIpc) is 2.53. The molecule has 1 fully saturated rings. The molecule has 2 heteroatoms. The van der Waals surface area contributed by atoms with Gasteiger partial charge in [0, 0.05) is 23.8 Å². The quantitative estimate of drug-likeness (QED) is 0.885. The third-order valence-corrected chi connectivity index (χ3v) is 4.73. The van der Waals surface area contributed by atoms with Crippen LogP contribution in [0.25, 0.3) is 10.8 Å². The van der Waals surface area contributed by atoms with Gasteiger partial charge in [0.05, 0.1) is 0 Å². The maximum absolute atomic E-state index is 4.23. The fraction of sp³-hybridized carbons (Fsp3) is 0.500. The lowest BCUT2D eigenvalue weighted by atomic mass is 9.82. The van der Waals surface area contributed by atoms with Crippen LogP contribution < -0.4 is 5.32 Å². The molecule has 1 aromatic carbocycles. The van der Waals surface area contributed by atoms with Crippen molar-refractivity contribution in [1.29, 1.82) is 0 Å². The van der Waals surface area contributed by atoms with Gasteiger partial charge in [0.1, 0.15) is 0 Å². The van der Waals surface area contributed by atoms with E-state index < -0.39 is 0 Å². The molecule has 3 rings (SSSR count). The highest BCUT2D eigenvalue weighted by atomic mass is 14.9. The molecular formula is C18H24N2. The number of pyridine rings is 1. The van der Waals surface area contributed by atoms with Gasteiger partial charge in [-0.05, 0) is 36.4 Å². The Hall–Kier alpha value is -1.41. The van der Waals surface area contributed by atoms with Crippen molar-refractivity contribution in [2.45, 2.75) is 44.6 Å². The van der Waals surface area contributed by atoms with Gasteiger partial charge in [-0.3, -0.25) is 4.98 Å². The van der Waals surface area contributed by atoms with E-state index in [1.165, 1.54) is 54.9 Å². The van der Waals surface area contributed by atoms with Gasteiger partial charge in [0.15, 0.2) is 0 Å². The minimum Gasteiger partial charge on any atom is -0.313 e. The highest BCUT2D eigenvalue weighted by Gasteiger charge is 2.20. The summed E-state index contributed by atoms with van der Waals surface area (Å²) in [7, 11) is 2.09. The Bertz CT molecular complexity index is 553. The Morgan fingerprint density at radius 2 is 2.05 bits per heavy atom. The van der Waals surface area contributed by atoms with E-state index in [1.54, 1.807) is 0 Å². The van der Waals surface area contributed by atoms with E-state index in [1.807, 2.05) is 12.4 Å². The second kappa shape index (κ2) is 6.36. The van der Waals surface area contributed by atoms with Crippen LogP contribution in [0, 0.1) is 5.92 Å². The number of fused-ring (bicyclic) bond motifs is 1. The van der Waals surface area contributed by atoms with Crippen molar-refractivity contribution in [2.24, 2.45) is 5.92 Å². The van der Waals surface area contributed by atoms with E-state index in [-0.39, 0.29) is 0 Å². The second-order valence-electron chi connectivity index (χ2n) is 6.03. The molecule has 0 amide bonds. The molecule has 20 heavy (non-hydrogen) atoms. The molecule has 1 aliphatic carbocycles. The van der Waals surface area contributed by atoms with Gasteiger partial charge in [-0.1, -0.05) is 50.3 Å². The number of aromatic nitrogens is 1. The van der Waals surface area contributed by atoms with Crippen molar-refractivity contribution >= 4 is 10.8 Å². The predicted octanol–water partition coefficient (Wildman–Crippen LogP) is 4.47. The molecule has 1 N–H and O–H groups in total. The summed E-state index contributed by atoms with van der Waals surface area (Å²) >= 11 is 0. The molecule has 2 nitrogen and oxygen atoms in total. The average molecular weight is 268 g/mol. The van der Waals surface area contributed by atoms with Crippen molar-refractivity contribution in [3.05, 3.63) is 42.2 Å². The summed E-state index contributed by atoms with van der Waals surface area (Å²) < 4.78 is 0. The SMILES string of the molecule is CNC(CC1CCCCC1)c1cccc2cnccc12. The summed E-state index contributed by atoms with van der Waals surface area (Å²) in [5.41, 5.74) is 1.43. The Labute approximate surface area is 121 Å². The van der Waals surface area contributed by atoms with E-state index in [0.29, 0.717) is 6.04 Å². The molecule has 0 spiro atoms. The summed E-state index contributed by atoms with van der Waals surface area (Å²) in [5, 5.41) is 6.13. The van der Waals surface area contributed by atoms with Crippen LogP contribution in [0.15, 0.2) is 36.7 Å². The molecule has 0 aliphatic heterocycles. The van der Waals surface area contributed by atoms with Crippen molar-refractivity contribution < 1.29 is 0 Å². The number of hydrogen-bond acceptors (Lipinski definition) is 2. The molecule has 1 saturated carbocycles. The maximum atomic E-state index is 4.23. The van der Waals surface area contributed by atoms with Crippen molar-refractivity contribution in [3.63, 3.8) is 0 Å². The molecule has 1 aromatic heterocycles. The fourth-order valence-electron chi connectivity index (χ4n) is 3.61. The highest BCUT2D eigenvalue weighted by Crippen LogP contribution is 2.33. The van der Waals surface area contributed by atoms with Crippen LogP contribution in [0.3, 0.4) is 0 Å². The lowest BCUT2D eigenvalue weighted by Gasteiger charge is -2.27. The van der Waals surface area contributed by atoms with E-state index in [0.717, 1.165) is 5.92 Å². The monoisotopic (exact) mass is 268 g/mol. The normalized spacial score (nSPS) is 18.2. The van der Waals surface area contributed by atoms with Crippen molar-refractivity contribution in [1.82, 2.24) is 10.3 Å². The number of nitrogens with zero attached hydrogens (tertiary/aromatic N) is 1. The molecular weight excluding hydrogens is 244 g/mol. The molecule has 106 valence electrons. The summed E-state index contributed by atoms with van der Waals surface area (Å²) in [5.74, 6) is 0.887. The smallest absolute Gasteiger partial charge is 0.0346 e. The van der Waals surface area contributed by atoms with Crippen molar-refractivity contribution in [3.8, 4) is 0 Å². The van der Waals surface area contributed by atoms with Gasteiger partial charge < -0.3 is 5.32 Å². The molecule has 0 saturated heterocycles. The van der Waals surface area contributed by atoms with Crippen molar-refractivity contribution in [2.75, 3.05) is 7.05 Å². The Morgan fingerprint density at radius 1 is 1.20 bits per heavy atom. The van der Waals surface area contributed by atoms with Crippen LogP contribution in [-0.2, 0) is 0 Å². The molecule has 1 unspecified atom stereocenters. The molecule has 0 bridgehead atoms. The molecule has 1 heterocycles. The summed E-state index contributed by atoms with van der Waals surface area (Å²) in [4.78, 5) is 4.23. The zero-order chi connectivity index (χ0) is 13.8. The summed E-state index contributed by atoms with van der Waals surface area (Å²) in [6.45, 7) is 0. The van der Waals surface area contributed by atoms with E-state index in [9.17, 15) is 0 Å². The lowest BCUT2D eigenvalue weighted by molar-refractivity contribution is 0.306. The molecule has 1 aliphatic rings. The molecule has 1 atom stereocenters. The van der Waals surface area contributed by atoms with Gasteiger partial charge in [0.2, 0.25) is 0 Å². The highest BCUT2D eigenvalue weighted by molar-refractivity contribution is 5.85. The van der Waals surface area contributed by atoms with Crippen LogP contribution >= 0.6 is 0 Å². The Morgan fingerprint density at radius 3 is 2.85 bits per heavy atom. The molecule has 2 aromatic rings. The Balaban J connectivity index is 1.86. The number of rotatable bonds is 4. The van der Waals surface area contributed by atoms with Crippen LogP contribution in [0.2, 0.25) is 0 Å². The largest absolute Gasteiger partial charge is 0.313 e. The van der Waals surface area contributed by atoms with Gasteiger partial charge >= 0.3 is 0 Å². The minimum atomic E-state index is 0.462. The van der Waals surface area contributed by atoms with Crippen LogP contribution in [0.4, 0.5) is 0 Å². The predicted molar refractivity (Wildman–Crippen MR) is 84.7 cm³/mol. The van der Waals surface area contributed by atoms with Crippen LogP contribution in [-0.4, -0.2) is 12.0 Å². The second-order valence-corrected chi connectivity index (χ2v) is 6.03. The topological polar surface area (TPSA) is 24.9 Å². The Kier molecular flexibility index (Phi) is 4.31. The van der Waals surface area contributed by atoms with E-state index >= 15 is 0 Å². The minimum absolute atomic E-state index is 0.462. The van der Waals surface area contributed by atoms with Gasteiger partial charge in [-0.2, -0.15) is 0 Å².